The number of ether oxygens (including phenoxy) is 1. The number of halogens is 1. The van der Waals surface area contributed by atoms with Crippen molar-refractivity contribution in [1.82, 2.24) is 0 Å². The van der Waals surface area contributed by atoms with E-state index >= 15 is 0 Å². The molecular formula is C16H18FNO. The molecule has 0 radical (unpaired) electrons. The minimum Gasteiger partial charge on any atom is -0.484 e. The van der Waals surface area contributed by atoms with Crippen LogP contribution in [0.25, 0.3) is 0 Å². The molecule has 1 atom stereocenters. The fourth-order valence-electron chi connectivity index (χ4n) is 2.14. The van der Waals surface area contributed by atoms with Crippen molar-refractivity contribution in [2.75, 3.05) is 6.54 Å². The maximum absolute atomic E-state index is 13.8. The predicted molar refractivity (Wildman–Crippen MR) is 74.7 cm³/mol. The lowest BCUT2D eigenvalue weighted by molar-refractivity contribution is 0.209. The Hall–Kier alpha value is -1.87. The Kier molecular flexibility index (Phi) is 4.17. The molecule has 2 rings (SSSR count). The maximum Gasteiger partial charge on any atom is 0.139 e. The Balaban J connectivity index is 2.26. The highest BCUT2D eigenvalue weighted by Gasteiger charge is 2.15. The SMILES string of the molecule is Cc1cc(C)cc(OC(CN)c2ccccc2F)c1. The summed E-state index contributed by atoms with van der Waals surface area (Å²) in [6, 6.07) is 12.5. The molecule has 1 unspecified atom stereocenters. The van der Waals surface area contributed by atoms with Crippen LogP contribution in [0, 0.1) is 19.7 Å². The first kappa shape index (κ1) is 13.6. The van der Waals surface area contributed by atoms with Gasteiger partial charge in [0.25, 0.3) is 0 Å². The van der Waals surface area contributed by atoms with Crippen molar-refractivity contribution in [2.45, 2.75) is 20.0 Å². The molecule has 0 aliphatic rings. The first-order valence-corrected chi connectivity index (χ1v) is 6.29. The van der Waals surface area contributed by atoms with Crippen LogP contribution in [0.3, 0.4) is 0 Å². The van der Waals surface area contributed by atoms with Crippen molar-refractivity contribution < 1.29 is 9.13 Å². The van der Waals surface area contributed by atoms with E-state index in [0.29, 0.717) is 5.56 Å². The molecule has 0 aliphatic heterocycles. The number of benzene rings is 2. The number of hydrogen-bond acceptors (Lipinski definition) is 2. The summed E-state index contributed by atoms with van der Waals surface area (Å²) >= 11 is 0. The number of rotatable bonds is 4. The summed E-state index contributed by atoms with van der Waals surface area (Å²) in [4.78, 5) is 0. The Labute approximate surface area is 113 Å². The molecule has 0 saturated heterocycles. The highest BCUT2D eigenvalue weighted by molar-refractivity contribution is 5.34. The Morgan fingerprint density at radius 1 is 1.11 bits per heavy atom. The molecule has 2 nitrogen and oxygen atoms in total. The molecule has 0 bridgehead atoms. The first-order valence-electron chi connectivity index (χ1n) is 6.29. The molecule has 3 heteroatoms. The number of nitrogens with two attached hydrogens (primary N) is 1. The van der Waals surface area contributed by atoms with Crippen LogP contribution < -0.4 is 10.5 Å². The molecule has 0 spiro atoms. The third kappa shape index (κ3) is 3.32. The molecule has 0 aromatic heterocycles. The molecule has 0 heterocycles. The minimum absolute atomic E-state index is 0.230. The lowest BCUT2D eigenvalue weighted by Gasteiger charge is -2.19. The highest BCUT2D eigenvalue weighted by atomic mass is 19.1. The Morgan fingerprint density at radius 2 is 1.74 bits per heavy atom. The van der Waals surface area contributed by atoms with E-state index in [4.69, 9.17) is 10.5 Å². The number of aryl methyl sites for hydroxylation is 2. The Morgan fingerprint density at radius 3 is 2.32 bits per heavy atom. The van der Waals surface area contributed by atoms with Crippen molar-refractivity contribution in [3.05, 3.63) is 65.0 Å². The summed E-state index contributed by atoms with van der Waals surface area (Å²) in [6.45, 7) is 4.23. The van der Waals surface area contributed by atoms with Gasteiger partial charge in [0.15, 0.2) is 0 Å². The van der Waals surface area contributed by atoms with E-state index in [1.165, 1.54) is 6.07 Å². The maximum atomic E-state index is 13.8. The summed E-state index contributed by atoms with van der Waals surface area (Å²) in [5.74, 6) is 0.429. The van der Waals surface area contributed by atoms with Gasteiger partial charge in [-0.05, 0) is 43.2 Å². The smallest absolute Gasteiger partial charge is 0.139 e. The highest BCUT2D eigenvalue weighted by Crippen LogP contribution is 2.25. The van der Waals surface area contributed by atoms with Crippen molar-refractivity contribution >= 4 is 0 Å². The van der Waals surface area contributed by atoms with Crippen LogP contribution in [0.1, 0.15) is 22.8 Å². The van der Waals surface area contributed by atoms with Gasteiger partial charge < -0.3 is 10.5 Å². The van der Waals surface area contributed by atoms with Crippen LogP contribution in [0.5, 0.6) is 5.75 Å². The summed E-state index contributed by atoms with van der Waals surface area (Å²) in [7, 11) is 0. The van der Waals surface area contributed by atoms with E-state index in [-0.39, 0.29) is 12.4 Å². The van der Waals surface area contributed by atoms with E-state index in [2.05, 4.69) is 6.07 Å². The van der Waals surface area contributed by atoms with Gasteiger partial charge in [0.05, 0.1) is 0 Å². The topological polar surface area (TPSA) is 35.2 Å². The second-order valence-corrected chi connectivity index (χ2v) is 4.69. The molecular weight excluding hydrogens is 241 g/mol. The van der Waals surface area contributed by atoms with Crippen LogP contribution in [0.2, 0.25) is 0 Å². The third-order valence-corrected chi connectivity index (χ3v) is 2.94. The molecule has 2 aromatic rings. The lowest BCUT2D eigenvalue weighted by atomic mass is 10.1. The van der Waals surface area contributed by atoms with Crippen LogP contribution in [0.4, 0.5) is 4.39 Å². The molecule has 0 saturated carbocycles. The van der Waals surface area contributed by atoms with Gasteiger partial charge in [-0.2, -0.15) is 0 Å². The standard InChI is InChI=1S/C16H18FNO/c1-11-7-12(2)9-13(8-11)19-16(10-18)14-5-3-4-6-15(14)17/h3-9,16H,10,18H2,1-2H3. The van der Waals surface area contributed by atoms with Crippen molar-refractivity contribution in [1.29, 1.82) is 0 Å². The van der Waals surface area contributed by atoms with Gasteiger partial charge in [-0.25, -0.2) is 4.39 Å². The molecule has 19 heavy (non-hydrogen) atoms. The lowest BCUT2D eigenvalue weighted by Crippen LogP contribution is -2.19. The summed E-state index contributed by atoms with van der Waals surface area (Å²) in [6.07, 6.45) is -0.470. The summed E-state index contributed by atoms with van der Waals surface area (Å²) in [5, 5.41) is 0. The Bertz CT molecular complexity index is 548. The van der Waals surface area contributed by atoms with E-state index < -0.39 is 6.10 Å². The van der Waals surface area contributed by atoms with E-state index in [9.17, 15) is 4.39 Å². The molecule has 2 aromatic carbocycles. The molecule has 0 fully saturated rings. The van der Waals surface area contributed by atoms with Gasteiger partial charge in [-0.3, -0.25) is 0 Å². The average molecular weight is 259 g/mol. The summed E-state index contributed by atoms with van der Waals surface area (Å²) in [5.41, 5.74) is 8.42. The monoisotopic (exact) mass is 259 g/mol. The van der Waals surface area contributed by atoms with Gasteiger partial charge in [-0.15, -0.1) is 0 Å². The summed E-state index contributed by atoms with van der Waals surface area (Å²) < 4.78 is 19.6. The predicted octanol–water partition coefficient (Wildman–Crippen LogP) is 3.52. The average Bonchev–Trinajstić information content (AvgIpc) is 2.36. The van der Waals surface area contributed by atoms with Crippen molar-refractivity contribution in [3.8, 4) is 5.75 Å². The molecule has 2 N–H and O–H groups in total. The number of hydrogen-bond donors (Lipinski definition) is 1. The second-order valence-electron chi connectivity index (χ2n) is 4.69. The molecule has 0 aliphatic carbocycles. The quantitative estimate of drug-likeness (QED) is 0.911. The van der Waals surface area contributed by atoms with Gasteiger partial charge in [0.1, 0.15) is 17.7 Å². The van der Waals surface area contributed by atoms with E-state index in [0.717, 1.165) is 16.9 Å². The van der Waals surface area contributed by atoms with Crippen molar-refractivity contribution in [3.63, 3.8) is 0 Å². The molecule has 100 valence electrons. The minimum atomic E-state index is -0.470. The largest absolute Gasteiger partial charge is 0.484 e. The normalized spacial score (nSPS) is 12.2. The van der Waals surface area contributed by atoms with Crippen LogP contribution in [-0.2, 0) is 0 Å². The molecule has 0 amide bonds. The zero-order valence-corrected chi connectivity index (χ0v) is 11.2. The van der Waals surface area contributed by atoms with Gasteiger partial charge in [0.2, 0.25) is 0 Å². The van der Waals surface area contributed by atoms with Gasteiger partial charge in [0, 0.05) is 12.1 Å². The van der Waals surface area contributed by atoms with Crippen molar-refractivity contribution in [2.24, 2.45) is 5.73 Å². The van der Waals surface area contributed by atoms with Crippen LogP contribution >= 0.6 is 0 Å². The third-order valence-electron chi connectivity index (χ3n) is 2.94. The van der Waals surface area contributed by atoms with E-state index in [1.54, 1.807) is 18.2 Å². The van der Waals surface area contributed by atoms with Gasteiger partial charge in [-0.1, -0.05) is 24.3 Å². The van der Waals surface area contributed by atoms with Crippen LogP contribution in [0.15, 0.2) is 42.5 Å². The second kappa shape index (κ2) is 5.85. The zero-order chi connectivity index (χ0) is 13.8. The first-order chi connectivity index (χ1) is 9.10. The van der Waals surface area contributed by atoms with E-state index in [1.807, 2.05) is 26.0 Å². The van der Waals surface area contributed by atoms with Gasteiger partial charge >= 0.3 is 0 Å². The fourth-order valence-corrected chi connectivity index (χ4v) is 2.14. The fraction of sp³-hybridized carbons (Fsp3) is 0.250. The zero-order valence-electron chi connectivity index (χ0n) is 11.2. The van der Waals surface area contributed by atoms with Crippen LogP contribution in [-0.4, -0.2) is 6.54 Å².